The van der Waals surface area contributed by atoms with Crippen LogP contribution in [-0.2, 0) is 0 Å². The molecule has 1 aliphatic rings. The first-order valence-electron chi connectivity index (χ1n) is 8.97. The molecule has 0 saturated heterocycles. The van der Waals surface area contributed by atoms with Crippen molar-refractivity contribution in [1.29, 1.82) is 0 Å². The van der Waals surface area contributed by atoms with E-state index in [9.17, 15) is 0 Å². The Hall–Kier alpha value is -2.27. The second kappa shape index (κ2) is 7.54. The Morgan fingerprint density at radius 2 is 2.04 bits per heavy atom. The zero-order valence-corrected chi connectivity index (χ0v) is 16.6. The lowest BCUT2D eigenvalue weighted by Crippen LogP contribution is -2.42. The largest absolute Gasteiger partial charge is 0.492 e. The third-order valence-electron chi connectivity index (χ3n) is 4.36. The van der Waals surface area contributed by atoms with Crippen LogP contribution in [0.2, 0.25) is 0 Å². The summed E-state index contributed by atoms with van der Waals surface area (Å²) in [6, 6.07) is 14.2. The van der Waals surface area contributed by atoms with Crippen molar-refractivity contribution in [3.05, 3.63) is 53.6 Å². The standard InChI is InChI=1S/C21H26N2O2S/c1-5-24-19-9-7-6-8-16(19)22-20(26)23-17-13-21(3,4)25-18-11-10-14(2)12-15(17)18/h6-12,17H,5,13H2,1-4H3,(H2,22,23,26). The molecule has 138 valence electrons. The van der Waals surface area contributed by atoms with Crippen LogP contribution < -0.4 is 20.1 Å². The number of benzene rings is 2. The molecule has 0 saturated carbocycles. The summed E-state index contributed by atoms with van der Waals surface area (Å²) in [5, 5.41) is 7.31. The van der Waals surface area contributed by atoms with Gasteiger partial charge in [-0.3, -0.25) is 0 Å². The minimum Gasteiger partial charge on any atom is -0.492 e. The van der Waals surface area contributed by atoms with Crippen LogP contribution >= 0.6 is 12.2 Å². The van der Waals surface area contributed by atoms with Gasteiger partial charge in [0.15, 0.2) is 5.11 Å². The van der Waals surface area contributed by atoms with Crippen molar-refractivity contribution in [1.82, 2.24) is 5.32 Å². The van der Waals surface area contributed by atoms with Gasteiger partial charge in [0.1, 0.15) is 17.1 Å². The van der Waals surface area contributed by atoms with Crippen molar-refractivity contribution in [2.45, 2.75) is 45.8 Å². The van der Waals surface area contributed by atoms with Crippen molar-refractivity contribution >= 4 is 23.0 Å². The maximum atomic E-state index is 6.13. The lowest BCUT2D eigenvalue weighted by molar-refractivity contribution is 0.0696. The van der Waals surface area contributed by atoms with Crippen LogP contribution in [0.3, 0.4) is 0 Å². The molecule has 0 fully saturated rings. The first-order chi connectivity index (χ1) is 12.4. The number of rotatable bonds is 4. The Morgan fingerprint density at radius 1 is 1.27 bits per heavy atom. The lowest BCUT2D eigenvalue weighted by atomic mass is 9.89. The SMILES string of the molecule is CCOc1ccccc1NC(=S)NC1CC(C)(C)Oc2ccc(C)cc21. The number of thiocarbonyl (C=S) groups is 1. The van der Waals surface area contributed by atoms with E-state index in [0.717, 1.165) is 29.2 Å². The van der Waals surface area contributed by atoms with E-state index in [1.807, 2.05) is 37.3 Å². The number of anilines is 1. The first kappa shape index (κ1) is 18.5. The van der Waals surface area contributed by atoms with E-state index < -0.39 is 0 Å². The highest BCUT2D eigenvalue weighted by molar-refractivity contribution is 7.80. The van der Waals surface area contributed by atoms with Gasteiger partial charge in [0.05, 0.1) is 18.3 Å². The monoisotopic (exact) mass is 370 g/mol. The van der Waals surface area contributed by atoms with Gasteiger partial charge in [-0.25, -0.2) is 0 Å². The Kier molecular flexibility index (Phi) is 5.37. The summed E-state index contributed by atoms with van der Waals surface area (Å²) in [6.45, 7) is 8.87. The highest BCUT2D eigenvalue weighted by Crippen LogP contribution is 2.40. The molecule has 1 heterocycles. The maximum Gasteiger partial charge on any atom is 0.171 e. The number of nitrogens with one attached hydrogen (secondary N) is 2. The smallest absolute Gasteiger partial charge is 0.171 e. The van der Waals surface area contributed by atoms with Crippen LogP contribution in [-0.4, -0.2) is 17.3 Å². The highest BCUT2D eigenvalue weighted by Gasteiger charge is 2.34. The van der Waals surface area contributed by atoms with Crippen molar-refractivity contribution in [3.63, 3.8) is 0 Å². The average molecular weight is 371 g/mol. The minimum atomic E-state index is -0.251. The third-order valence-corrected chi connectivity index (χ3v) is 4.58. The van der Waals surface area contributed by atoms with Crippen molar-refractivity contribution in [3.8, 4) is 11.5 Å². The van der Waals surface area contributed by atoms with Crippen LogP contribution in [0.25, 0.3) is 0 Å². The lowest BCUT2D eigenvalue weighted by Gasteiger charge is -2.38. The molecule has 1 unspecified atom stereocenters. The molecule has 2 aromatic carbocycles. The van der Waals surface area contributed by atoms with Crippen LogP contribution in [0.4, 0.5) is 5.69 Å². The van der Waals surface area contributed by atoms with Gasteiger partial charge in [0.2, 0.25) is 0 Å². The van der Waals surface area contributed by atoms with Gasteiger partial charge >= 0.3 is 0 Å². The summed E-state index contributed by atoms with van der Waals surface area (Å²) < 4.78 is 11.8. The first-order valence-corrected chi connectivity index (χ1v) is 9.38. The van der Waals surface area contributed by atoms with E-state index in [4.69, 9.17) is 21.7 Å². The summed E-state index contributed by atoms with van der Waals surface area (Å²) in [5.74, 6) is 1.71. The van der Waals surface area contributed by atoms with Gasteiger partial charge in [-0.15, -0.1) is 0 Å². The summed E-state index contributed by atoms with van der Waals surface area (Å²) in [7, 11) is 0. The predicted molar refractivity (Wildman–Crippen MR) is 110 cm³/mol. The summed E-state index contributed by atoms with van der Waals surface area (Å²) in [6.07, 6.45) is 0.832. The van der Waals surface area contributed by atoms with Gasteiger partial charge in [-0.1, -0.05) is 29.8 Å². The van der Waals surface area contributed by atoms with E-state index >= 15 is 0 Å². The molecule has 0 amide bonds. The average Bonchev–Trinajstić information content (AvgIpc) is 2.57. The molecule has 0 radical (unpaired) electrons. The number of hydrogen-bond donors (Lipinski definition) is 2. The van der Waals surface area contributed by atoms with E-state index in [1.165, 1.54) is 5.56 Å². The zero-order valence-electron chi connectivity index (χ0n) is 15.8. The van der Waals surface area contributed by atoms with Crippen molar-refractivity contribution < 1.29 is 9.47 Å². The minimum absolute atomic E-state index is 0.0907. The molecule has 0 aliphatic carbocycles. The summed E-state index contributed by atoms with van der Waals surface area (Å²) in [5.41, 5.74) is 2.97. The summed E-state index contributed by atoms with van der Waals surface area (Å²) in [4.78, 5) is 0. The number of hydrogen-bond acceptors (Lipinski definition) is 3. The van der Waals surface area contributed by atoms with Gasteiger partial charge in [-0.2, -0.15) is 0 Å². The summed E-state index contributed by atoms with van der Waals surface area (Å²) >= 11 is 5.58. The molecule has 2 N–H and O–H groups in total. The molecular formula is C21H26N2O2S. The zero-order chi connectivity index (χ0) is 18.7. The molecule has 5 heteroatoms. The highest BCUT2D eigenvalue weighted by atomic mass is 32.1. The molecule has 4 nitrogen and oxygen atoms in total. The normalized spacial score (nSPS) is 17.6. The number of fused-ring (bicyclic) bond motifs is 1. The molecule has 1 aliphatic heterocycles. The van der Waals surface area contributed by atoms with Crippen LogP contribution in [0, 0.1) is 6.92 Å². The second-order valence-electron chi connectivity index (χ2n) is 7.19. The van der Waals surface area contributed by atoms with Crippen molar-refractivity contribution in [2.24, 2.45) is 0 Å². The molecule has 2 aromatic rings. The Balaban J connectivity index is 1.78. The fourth-order valence-corrected chi connectivity index (χ4v) is 3.52. The third kappa shape index (κ3) is 4.28. The number of aryl methyl sites for hydroxylation is 1. The fourth-order valence-electron chi connectivity index (χ4n) is 3.27. The second-order valence-corrected chi connectivity index (χ2v) is 7.60. The Bertz CT molecular complexity index is 804. The predicted octanol–water partition coefficient (Wildman–Crippen LogP) is 4.98. The van der Waals surface area contributed by atoms with Crippen LogP contribution in [0.15, 0.2) is 42.5 Å². The topological polar surface area (TPSA) is 42.5 Å². The van der Waals surface area contributed by atoms with E-state index in [2.05, 4.69) is 43.5 Å². The molecule has 0 aromatic heterocycles. The van der Waals surface area contributed by atoms with E-state index in [1.54, 1.807) is 0 Å². The molecule has 0 bridgehead atoms. The molecule has 3 rings (SSSR count). The molecular weight excluding hydrogens is 344 g/mol. The Morgan fingerprint density at radius 3 is 2.81 bits per heavy atom. The van der Waals surface area contributed by atoms with Gasteiger partial charge in [0.25, 0.3) is 0 Å². The van der Waals surface area contributed by atoms with Gasteiger partial charge in [-0.05, 0) is 58.1 Å². The number of ether oxygens (including phenoxy) is 2. The van der Waals surface area contributed by atoms with Crippen molar-refractivity contribution in [2.75, 3.05) is 11.9 Å². The quantitative estimate of drug-likeness (QED) is 0.743. The fraction of sp³-hybridized carbons (Fsp3) is 0.381. The maximum absolute atomic E-state index is 6.13. The molecule has 0 spiro atoms. The Labute approximate surface area is 160 Å². The van der Waals surface area contributed by atoms with Gasteiger partial charge < -0.3 is 20.1 Å². The van der Waals surface area contributed by atoms with Crippen LogP contribution in [0.5, 0.6) is 11.5 Å². The van der Waals surface area contributed by atoms with E-state index in [-0.39, 0.29) is 11.6 Å². The van der Waals surface area contributed by atoms with Gasteiger partial charge in [0, 0.05) is 12.0 Å². The molecule has 1 atom stereocenters. The molecule has 26 heavy (non-hydrogen) atoms. The number of para-hydroxylation sites is 2. The van der Waals surface area contributed by atoms with E-state index in [0.29, 0.717) is 11.7 Å². The van der Waals surface area contributed by atoms with Crippen LogP contribution in [0.1, 0.15) is 44.4 Å².